The molecule has 0 heterocycles. The monoisotopic (exact) mass is 448 g/mol. The van der Waals surface area contributed by atoms with Gasteiger partial charge < -0.3 is 24.4 Å². The van der Waals surface area contributed by atoms with Crippen LogP contribution in [0.5, 0.6) is 17.2 Å². The van der Waals surface area contributed by atoms with Crippen molar-refractivity contribution in [1.82, 2.24) is 10.2 Å². The van der Waals surface area contributed by atoms with Gasteiger partial charge in [-0.15, -0.1) is 0 Å². The molecule has 0 aliphatic carbocycles. The first-order valence-corrected chi connectivity index (χ1v) is 11.0. The number of nitrogens with zero attached hydrogens (tertiary/aromatic N) is 1. The van der Waals surface area contributed by atoms with Crippen LogP contribution in [0.3, 0.4) is 0 Å². The van der Waals surface area contributed by atoms with Crippen molar-refractivity contribution in [2.24, 2.45) is 0 Å². The van der Waals surface area contributed by atoms with Gasteiger partial charge in [-0.05, 0) is 54.9 Å². The Morgan fingerprint density at radius 1 is 0.968 bits per heavy atom. The first-order chi connectivity index (χ1) is 15.0. The minimum atomic E-state index is -0.0227. The van der Waals surface area contributed by atoms with Crippen LogP contribution >= 0.6 is 11.6 Å². The molecule has 0 atom stereocenters. The zero-order valence-corrected chi connectivity index (χ0v) is 19.6. The van der Waals surface area contributed by atoms with E-state index >= 15 is 0 Å². The molecule has 2 aromatic rings. The van der Waals surface area contributed by atoms with Crippen LogP contribution in [0.2, 0.25) is 5.02 Å². The van der Waals surface area contributed by atoms with E-state index in [4.69, 9.17) is 25.8 Å². The topological polar surface area (TPSA) is 60.0 Å². The van der Waals surface area contributed by atoms with Crippen molar-refractivity contribution in [1.29, 1.82) is 0 Å². The van der Waals surface area contributed by atoms with Gasteiger partial charge in [0.2, 0.25) is 5.91 Å². The standard InChI is InChI=1S/C24H33ClN2O4/c1-5-27(6-2)13-14-31-22-11-8-19(16-23(22)30-4)17-26-24(28)12-9-18-7-10-21(29-3)20(25)15-18/h7-8,10-11,15-16H,5-6,9,12-14,17H2,1-4H3,(H,26,28). The summed E-state index contributed by atoms with van der Waals surface area (Å²) in [7, 11) is 3.20. The molecule has 31 heavy (non-hydrogen) atoms. The van der Waals surface area contributed by atoms with E-state index in [1.54, 1.807) is 14.2 Å². The Kier molecular flexibility index (Phi) is 10.5. The lowest BCUT2D eigenvalue weighted by Crippen LogP contribution is -2.28. The summed E-state index contributed by atoms with van der Waals surface area (Å²) < 4.78 is 16.5. The average Bonchev–Trinajstić information content (AvgIpc) is 2.79. The van der Waals surface area contributed by atoms with Crippen molar-refractivity contribution in [2.75, 3.05) is 40.5 Å². The SMILES string of the molecule is CCN(CC)CCOc1ccc(CNC(=O)CCc2ccc(OC)c(Cl)c2)cc1OC. The van der Waals surface area contributed by atoms with Crippen molar-refractivity contribution in [3.8, 4) is 17.2 Å². The van der Waals surface area contributed by atoms with Crippen LogP contribution in [0.1, 0.15) is 31.4 Å². The second-order valence-electron chi connectivity index (χ2n) is 7.11. The highest BCUT2D eigenvalue weighted by molar-refractivity contribution is 6.32. The van der Waals surface area contributed by atoms with Crippen LogP contribution in [0.25, 0.3) is 0 Å². The van der Waals surface area contributed by atoms with E-state index in [2.05, 4.69) is 24.1 Å². The fraction of sp³-hybridized carbons (Fsp3) is 0.458. The number of hydrogen-bond acceptors (Lipinski definition) is 5. The quantitative estimate of drug-likeness (QED) is 0.494. The molecule has 0 saturated carbocycles. The summed E-state index contributed by atoms with van der Waals surface area (Å²) in [6, 6.07) is 11.3. The summed E-state index contributed by atoms with van der Waals surface area (Å²) in [5, 5.41) is 3.50. The Labute approximate surface area is 190 Å². The number of carbonyl (C=O) groups is 1. The number of likely N-dealkylation sites (N-methyl/N-ethyl adjacent to an activating group) is 1. The molecule has 0 aliphatic rings. The summed E-state index contributed by atoms with van der Waals surface area (Å²) in [4.78, 5) is 14.6. The molecule has 0 aliphatic heterocycles. The van der Waals surface area contributed by atoms with Crippen molar-refractivity contribution in [3.05, 3.63) is 52.5 Å². The van der Waals surface area contributed by atoms with Gasteiger partial charge in [-0.1, -0.05) is 37.6 Å². The van der Waals surface area contributed by atoms with E-state index in [0.717, 1.165) is 30.8 Å². The van der Waals surface area contributed by atoms with Crippen LogP contribution in [-0.4, -0.2) is 51.3 Å². The largest absolute Gasteiger partial charge is 0.495 e. The van der Waals surface area contributed by atoms with Crippen molar-refractivity contribution < 1.29 is 19.0 Å². The smallest absolute Gasteiger partial charge is 0.220 e. The molecule has 6 nitrogen and oxygen atoms in total. The highest BCUT2D eigenvalue weighted by Gasteiger charge is 2.09. The number of ether oxygens (including phenoxy) is 3. The van der Waals surface area contributed by atoms with E-state index in [9.17, 15) is 4.79 Å². The van der Waals surface area contributed by atoms with Gasteiger partial charge in [0, 0.05) is 19.5 Å². The lowest BCUT2D eigenvalue weighted by Gasteiger charge is -2.19. The van der Waals surface area contributed by atoms with E-state index in [-0.39, 0.29) is 5.91 Å². The molecular weight excluding hydrogens is 416 g/mol. The van der Waals surface area contributed by atoms with Crippen LogP contribution in [-0.2, 0) is 17.8 Å². The molecule has 0 aromatic heterocycles. The molecule has 2 rings (SSSR count). The van der Waals surface area contributed by atoms with Crippen molar-refractivity contribution >= 4 is 17.5 Å². The minimum absolute atomic E-state index is 0.0227. The average molecular weight is 449 g/mol. The third-order valence-electron chi connectivity index (χ3n) is 5.13. The molecule has 1 N–H and O–H groups in total. The van der Waals surface area contributed by atoms with Crippen molar-refractivity contribution in [3.63, 3.8) is 0 Å². The Bertz CT molecular complexity index is 840. The molecule has 7 heteroatoms. The van der Waals surface area contributed by atoms with E-state index in [1.807, 2.05) is 36.4 Å². The Morgan fingerprint density at radius 2 is 1.65 bits per heavy atom. The molecule has 0 radical (unpaired) electrons. The summed E-state index contributed by atoms with van der Waals surface area (Å²) in [6.45, 7) is 8.18. The molecule has 0 bridgehead atoms. The molecule has 1 amide bonds. The fourth-order valence-electron chi connectivity index (χ4n) is 3.18. The Morgan fingerprint density at radius 3 is 2.29 bits per heavy atom. The van der Waals surface area contributed by atoms with Crippen LogP contribution in [0.15, 0.2) is 36.4 Å². The number of carbonyl (C=O) groups excluding carboxylic acids is 1. The third kappa shape index (κ3) is 7.96. The molecule has 0 unspecified atom stereocenters. The molecule has 0 fully saturated rings. The van der Waals surface area contributed by atoms with Gasteiger partial charge in [0.25, 0.3) is 0 Å². The summed E-state index contributed by atoms with van der Waals surface area (Å²) in [6.07, 6.45) is 0.991. The number of methoxy groups -OCH3 is 2. The first-order valence-electron chi connectivity index (χ1n) is 10.6. The highest BCUT2D eigenvalue weighted by atomic mass is 35.5. The third-order valence-corrected chi connectivity index (χ3v) is 5.43. The lowest BCUT2D eigenvalue weighted by molar-refractivity contribution is -0.121. The van der Waals surface area contributed by atoms with E-state index in [0.29, 0.717) is 48.3 Å². The van der Waals surface area contributed by atoms with Crippen LogP contribution < -0.4 is 19.5 Å². The number of amides is 1. The van der Waals surface area contributed by atoms with Crippen LogP contribution in [0.4, 0.5) is 0 Å². The first kappa shape index (κ1) is 24.8. The molecular formula is C24H33ClN2O4. The summed E-state index contributed by atoms with van der Waals surface area (Å²) in [5.74, 6) is 1.98. The van der Waals surface area contributed by atoms with E-state index < -0.39 is 0 Å². The fourth-order valence-corrected chi connectivity index (χ4v) is 3.46. The molecule has 0 saturated heterocycles. The molecule has 0 spiro atoms. The number of hydrogen-bond donors (Lipinski definition) is 1. The van der Waals surface area contributed by atoms with Gasteiger partial charge in [0.15, 0.2) is 11.5 Å². The summed E-state index contributed by atoms with van der Waals surface area (Å²) >= 11 is 6.14. The van der Waals surface area contributed by atoms with Crippen LogP contribution in [0, 0.1) is 0 Å². The molecule has 2 aromatic carbocycles. The van der Waals surface area contributed by atoms with Gasteiger partial charge in [0.1, 0.15) is 12.4 Å². The molecule has 170 valence electrons. The highest BCUT2D eigenvalue weighted by Crippen LogP contribution is 2.28. The Balaban J connectivity index is 1.82. The number of benzene rings is 2. The van der Waals surface area contributed by atoms with Gasteiger partial charge in [-0.25, -0.2) is 0 Å². The number of nitrogens with one attached hydrogen (secondary N) is 1. The zero-order valence-electron chi connectivity index (χ0n) is 18.9. The van der Waals surface area contributed by atoms with Gasteiger partial charge in [0.05, 0.1) is 19.2 Å². The number of rotatable bonds is 13. The maximum Gasteiger partial charge on any atom is 0.220 e. The van der Waals surface area contributed by atoms with Gasteiger partial charge in [-0.2, -0.15) is 0 Å². The zero-order chi connectivity index (χ0) is 22.6. The van der Waals surface area contributed by atoms with Gasteiger partial charge >= 0.3 is 0 Å². The van der Waals surface area contributed by atoms with Gasteiger partial charge in [-0.3, -0.25) is 4.79 Å². The number of aryl methyl sites for hydroxylation is 1. The second-order valence-corrected chi connectivity index (χ2v) is 7.51. The normalized spacial score (nSPS) is 10.8. The lowest BCUT2D eigenvalue weighted by atomic mass is 10.1. The van der Waals surface area contributed by atoms with E-state index in [1.165, 1.54) is 0 Å². The maximum atomic E-state index is 12.3. The Hall–Kier alpha value is -2.44. The predicted octanol–water partition coefficient (Wildman–Crippen LogP) is 4.33. The second kappa shape index (κ2) is 13.1. The maximum absolute atomic E-state index is 12.3. The number of halogens is 1. The minimum Gasteiger partial charge on any atom is -0.495 e. The summed E-state index contributed by atoms with van der Waals surface area (Å²) in [5.41, 5.74) is 1.95. The predicted molar refractivity (Wildman–Crippen MR) is 124 cm³/mol. The van der Waals surface area contributed by atoms with Crippen molar-refractivity contribution in [2.45, 2.75) is 33.2 Å².